The fourth-order valence-electron chi connectivity index (χ4n) is 2.27. The quantitative estimate of drug-likeness (QED) is 0.860. The lowest BCUT2D eigenvalue weighted by atomic mass is 10.0. The SMILES string of the molecule is COc1sc(S(C)(=O)=O)cc1C1=NOC(c2ccccc2)C1. The minimum atomic E-state index is -3.27. The maximum atomic E-state index is 11.7. The molecule has 22 heavy (non-hydrogen) atoms. The first-order valence-electron chi connectivity index (χ1n) is 6.65. The van der Waals surface area contributed by atoms with Crippen molar-refractivity contribution in [2.24, 2.45) is 5.16 Å². The van der Waals surface area contributed by atoms with Gasteiger partial charge >= 0.3 is 0 Å². The number of methoxy groups -OCH3 is 1. The Kier molecular flexibility index (Phi) is 3.92. The van der Waals surface area contributed by atoms with E-state index in [1.54, 1.807) is 6.07 Å². The number of benzene rings is 1. The molecule has 2 aromatic rings. The highest BCUT2D eigenvalue weighted by Crippen LogP contribution is 2.38. The van der Waals surface area contributed by atoms with Gasteiger partial charge in [-0.2, -0.15) is 0 Å². The molecule has 0 saturated carbocycles. The summed E-state index contributed by atoms with van der Waals surface area (Å²) in [6.45, 7) is 0. The molecule has 116 valence electrons. The smallest absolute Gasteiger partial charge is 0.185 e. The minimum absolute atomic E-state index is 0.150. The summed E-state index contributed by atoms with van der Waals surface area (Å²) in [6, 6.07) is 11.4. The van der Waals surface area contributed by atoms with Gasteiger partial charge in [-0.1, -0.05) is 46.8 Å². The highest BCUT2D eigenvalue weighted by atomic mass is 32.2. The van der Waals surface area contributed by atoms with Crippen molar-refractivity contribution in [2.45, 2.75) is 16.7 Å². The van der Waals surface area contributed by atoms with Crippen molar-refractivity contribution in [3.63, 3.8) is 0 Å². The highest BCUT2D eigenvalue weighted by molar-refractivity contribution is 7.92. The van der Waals surface area contributed by atoms with Crippen LogP contribution in [0.3, 0.4) is 0 Å². The standard InChI is InChI=1S/C15H15NO4S2/c1-19-15-11(8-14(21-15)22(2,17)18)12-9-13(20-16-12)10-6-4-3-5-7-10/h3-8,13H,9H2,1-2H3. The molecule has 2 heterocycles. The van der Waals surface area contributed by atoms with E-state index in [0.717, 1.165) is 16.9 Å². The van der Waals surface area contributed by atoms with Crippen LogP contribution in [0.5, 0.6) is 5.06 Å². The van der Waals surface area contributed by atoms with Crippen molar-refractivity contribution in [2.75, 3.05) is 13.4 Å². The molecule has 0 radical (unpaired) electrons. The Bertz CT molecular complexity index is 809. The topological polar surface area (TPSA) is 65.0 Å². The van der Waals surface area contributed by atoms with Gasteiger partial charge in [0, 0.05) is 12.7 Å². The Hall–Kier alpha value is -1.86. The van der Waals surface area contributed by atoms with Crippen molar-refractivity contribution in [1.82, 2.24) is 0 Å². The molecule has 0 aliphatic carbocycles. The number of hydrogen-bond acceptors (Lipinski definition) is 6. The first-order valence-corrected chi connectivity index (χ1v) is 9.35. The number of thiophene rings is 1. The average Bonchev–Trinajstić information content (AvgIpc) is 3.14. The molecular weight excluding hydrogens is 322 g/mol. The Morgan fingerprint density at radius 3 is 2.68 bits per heavy atom. The molecule has 7 heteroatoms. The van der Waals surface area contributed by atoms with E-state index in [0.29, 0.717) is 22.8 Å². The molecule has 3 rings (SSSR count). The normalized spacial score (nSPS) is 17.9. The second-order valence-electron chi connectivity index (χ2n) is 4.99. The first-order chi connectivity index (χ1) is 10.5. The monoisotopic (exact) mass is 337 g/mol. The summed E-state index contributed by atoms with van der Waals surface area (Å²) in [5.41, 5.74) is 2.43. The van der Waals surface area contributed by atoms with E-state index in [2.05, 4.69) is 5.16 Å². The third-order valence-corrected chi connectivity index (χ3v) is 6.28. The van der Waals surface area contributed by atoms with Crippen LogP contribution < -0.4 is 4.74 Å². The zero-order valence-electron chi connectivity index (χ0n) is 12.1. The maximum Gasteiger partial charge on any atom is 0.185 e. The van der Waals surface area contributed by atoms with Crippen LogP contribution in [0.25, 0.3) is 0 Å². The van der Waals surface area contributed by atoms with Gasteiger partial charge < -0.3 is 9.57 Å². The van der Waals surface area contributed by atoms with Crippen LogP contribution in [-0.4, -0.2) is 27.5 Å². The van der Waals surface area contributed by atoms with Crippen LogP contribution >= 0.6 is 11.3 Å². The fraction of sp³-hybridized carbons (Fsp3) is 0.267. The van der Waals surface area contributed by atoms with Crippen LogP contribution in [0, 0.1) is 0 Å². The van der Waals surface area contributed by atoms with E-state index in [-0.39, 0.29) is 10.3 Å². The number of sulfone groups is 1. The molecule has 0 bridgehead atoms. The molecule has 1 unspecified atom stereocenters. The zero-order valence-corrected chi connectivity index (χ0v) is 13.8. The Balaban J connectivity index is 1.88. The van der Waals surface area contributed by atoms with Crippen LogP contribution in [0.15, 0.2) is 45.8 Å². The van der Waals surface area contributed by atoms with E-state index in [4.69, 9.17) is 9.57 Å². The van der Waals surface area contributed by atoms with E-state index in [1.807, 2.05) is 30.3 Å². The Morgan fingerprint density at radius 2 is 2.05 bits per heavy atom. The predicted molar refractivity (Wildman–Crippen MR) is 85.4 cm³/mol. The van der Waals surface area contributed by atoms with Gasteiger partial charge in [0.15, 0.2) is 21.0 Å². The van der Waals surface area contributed by atoms with E-state index < -0.39 is 9.84 Å². The van der Waals surface area contributed by atoms with Crippen LogP contribution in [0.1, 0.15) is 23.7 Å². The van der Waals surface area contributed by atoms with Crippen molar-refractivity contribution < 1.29 is 18.0 Å². The van der Waals surface area contributed by atoms with Gasteiger partial charge in [-0.25, -0.2) is 8.42 Å². The minimum Gasteiger partial charge on any atom is -0.487 e. The molecule has 1 aliphatic rings. The van der Waals surface area contributed by atoms with Crippen molar-refractivity contribution in [3.05, 3.63) is 47.5 Å². The molecule has 0 amide bonds. The molecule has 0 N–H and O–H groups in total. The second-order valence-corrected chi connectivity index (χ2v) is 8.25. The first kappa shape index (κ1) is 15.1. The summed E-state index contributed by atoms with van der Waals surface area (Å²) in [5, 5.41) is 4.65. The van der Waals surface area contributed by atoms with Gasteiger partial charge in [-0.3, -0.25) is 0 Å². The van der Waals surface area contributed by atoms with Crippen LogP contribution in [0.4, 0.5) is 0 Å². The molecule has 1 aliphatic heterocycles. The summed E-state index contributed by atoms with van der Waals surface area (Å²) in [7, 11) is -1.75. The van der Waals surface area contributed by atoms with Crippen LogP contribution in [0.2, 0.25) is 0 Å². The van der Waals surface area contributed by atoms with Crippen molar-refractivity contribution >= 4 is 26.9 Å². The average molecular weight is 337 g/mol. The molecule has 0 fully saturated rings. The van der Waals surface area contributed by atoms with Gasteiger partial charge in [0.1, 0.15) is 4.21 Å². The van der Waals surface area contributed by atoms with E-state index in [9.17, 15) is 8.42 Å². The van der Waals surface area contributed by atoms with Crippen molar-refractivity contribution in [3.8, 4) is 5.06 Å². The van der Waals surface area contributed by atoms with Crippen molar-refractivity contribution in [1.29, 1.82) is 0 Å². The third kappa shape index (κ3) is 2.86. The molecule has 0 spiro atoms. The van der Waals surface area contributed by atoms with Gasteiger partial charge in [0.25, 0.3) is 0 Å². The van der Waals surface area contributed by atoms with Gasteiger partial charge in [0.2, 0.25) is 0 Å². The number of rotatable bonds is 4. The molecule has 1 aromatic carbocycles. The molecule has 1 aromatic heterocycles. The van der Waals surface area contributed by atoms with Gasteiger partial charge in [-0.05, 0) is 11.6 Å². The molecular formula is C15H15NO4S2. The third-order valence-electron chi connectivity index (χ3n) is 3.38. The molecule has 0 saturated heterocycles. The number of hydrogen-bond donors (Lipinski definition) is 0. The Morgan fingerprint density at radius 1 is 1.32 bits per heavy atom. The second kappa shape index (κ2) is 5.73. The molecule has 5 nitrogen and oxygen atoms in total. The highest BCUT2D eigenvalue weighted by Gasteiger charge is 2.28. The van der Waals surface area contributed by atoms with E-state index >= 15 is 0 Å². The summed E-state index contributed by atoms with van der Waals surface area (Å²) < 4.78 is 29.0. The lowest BCUT2D eigenvalue weighted by Crippen LogP contribution is -2.02. The largest absolute Gasteiger partial charge is 0.487 e. The van der Waals surface area contributed by atoms with E-state index in [1.165, 1.54) is 13.4 Å². The lowest BCUT2D eigenvalue weighted by Gasteiger charge is -2.07. The number of nitrogens with zero attached hydrogens (tertiary/aromatic N) is 1. The fourth-order valence-corrected chi connectivity index (χ4v) is 4.16. The predicted octanol–water partition coefficient (Wildman–Crippen LogP) is 3.03. The number of oxime groups is 1. The summed E-state index contributed by atoms with van der Waals surface area (Å²) in [5.74, 6) is 0. The summed E-state index contributed by atoms with van der Waals surface area (Å²) in [4.78, 5) is 5.49. The summed E-state index contributed by atoms with van der Waals surface area (Å²) in [6.07, 6.45) is 1.62. The zero-order chi connectivity index (χ0) is 15.7. The van der Waals surface area contributed by atoms with Gasteiger partial charge in [0.05, 0.1) is 18.4 Å². The van der Waals surface area contributed by atoms with Crippen LogP contribution in [-0.2, 0) is 14.7 Å². The number of ether oxygens (including phenoxy) is 1. The van der Waals surface area contributed by atoms with Gasteiger partial charge in [-0.15, -0.1) is 0 Å². The summed E-state index contributed by atoms with van der Waals surface area (Å²) >= 11 is 1.10. The Labute approximate surface area is 133 Å². The lowest BCUT2D eigenvalue weighted by molar-refractivity contribution is 0.0857. The maximum absolute atomic E-state index is 11.7. The molecule has 1 atom stereocenters.